The fourth-order valence-corrected chi connectivity index (χ4v) is 4.42. The van der Waals surface area contributed by atoms with Crippen molar-refractivity contribution in [1.82, 2.24) is 4.90 Å². The van der Waals surface area contributed by atoms with E-state index in [0.29, 0.717) is 33.8 Å². The van der Waals surface area contributed by atoms with Gasteiger partial charge in [0.05, 0.1) is 21.4 Å². The number of urea groups is 1. The number of para-hydroxylation sites is 1. The van der Waals surface area contributed by atoms with E-state index in [1.54, 1.807) is 28.8 Å². The molecule has 0 unspecified atom stereocenters. The van der Waals surface area contributed by atoms with Crippen LogP contribution in [0.4, 0.5) is 16.2 Å². The van der Waals surface area contributed by atoms with Crippen LogP contribution >= 0.6 is 46.6 Å². The summed E-state index contributed by atoms with van der Waals surface area (Å²) in [4.78, 5) is 17.9. The SMILES string of the molecule is CSc1ccccc1N1CCN(C(=O)Nc2c(Cl)cc(Cl)cc2Cl)CC1. The Hall–Kier alpha value is -1.27. The highest BCUT2D eigenvalue weighted by Crippen LogP contribution is 2.34. The molecule has 0 radical (unpaired) electrons. The Morgan fingerprint density at radius 2 is 1.65 bits per heavy atom. The average Bonchev–Trinajstić information content (AvgIpc) is 2.64. The Morgan fingerprint density at radius 3 is 2.27 bits per heavy atom. The fraction of sp³-hybridized carbons (Fsp3) is 0.278. The van der Waals surface area contributed by atoms with Gasteiger partial charge in [-0.05, 0) is 30.5 Å². The van der Waals surface area contributed by atoms with Crippen LogP contribution in [0.5, 0.6) is 0 Å². The Bertz CT molecular complexity index is 787. The monoisotopic (exact) mass is 429 g/mol. The van der Waals surface area contributed by atoms with Gasteiger partial charge < -0.3 is 15.1 Å². The predicted molar refractivity (Wildman–Crippen MR) is 112 cm³/mol. The van der Waals surface area contributed by atoms with Crippen LogP contribution in [0.1, 0.15) is 0 Å². The van der Waals surface area contributed by atoms with E-state index in [1.807, 2.05) is 12.1 Å². The molecule has 1 heterocycles. The molecule has 0 aromatic heterocycles. The third kappa shape index (κ3) is 4.34. The Labute approximate surface area is 172 Å². The largest absolute Gasteiger partial charge is 0.367 e. The van der Waals surface area contributed by atoms with Gasteiger partial charge in [0.2, 0.25) is 0 Å². The summed E-state index contributed by atoms with van der Waals surface area (Å²) in [5.41, 5.74) is 1.60. The molecule has 1 aliphatic heterocycles. The van der Waals surface area contributed by atoms with E-state index >= 15 is 0 Å². The number of benzene rings is 2. The molecule has 0 atom stereocenters. The third-order valence-electron chi connectivity index (χ3n) is 4.23. The van der Waals surface area contributed by atoms with Crippen LogP contribution in [-0.2, 0) is 0 Å². The van der Waals surface area contributed by atoms with E-state index in [4.69, 9.17) is 34.8 Å². The first-order valence-corrected chi connectivity index (χ1v) is 10.4. The molecule has 8 heteroatoms. The first-order chi connectivity index (χ1) is 12.5. The molecule has 0 bridgehead atoms. The van der Waals surface area contributed by atoms with Gasteiger partial charge in [-0.15, -0.1) is 11.8 Å². The second-order valence-electron chi connectivity index (χ2n) is 5.82. The van der Waals surface area contributed by atoms with Crippen LogP contribution in [0.15, 0.2) is 41.3 Å². The van der Waals surface area contributed by atoms with E-state index in [-0.39, 0.29) is 6.03 Å². The molecule has 0 saturated carbocycles. The molecule has 1 aliphatic rings. The molecule has 1 fully saturated rings. The van der Waals surface area contributed by atoms with Gasteiger partial charge in [-0.1, -0.05) is 46.9 Å². The van der Waals surface area contributed by atoms with E-state index in [0.717, 1.165) is 13.1 Å². The van der Waals surface area contributed by atoms with Crippen molar-refractivity contribution >= 4 is 64.0 Å². The van der Waals surface area contributed by atoms with Crippen molar-refractivity contribution in [2.75, 3.05) is 42.7 Å². The van der Waals surface area contributed by atoms with Gasteiger partial charge in [0.15, 0.2) is 0 Å². The van der Waals surface area contributed by atoms with Gasteiger partial charge >= 0.3 is 6.03 Å². The maximum absolute atomic E-state index is 12.6. The lowest BCUT2D eigenvalue weighted by Gasteiger charge is -2.36. The van der Waals surface area contributed by atoms with Gasteiger partial charge in [0.25, 0.3) is 0 Å². The van der Waals surface area contributed by atoms with Crippen molar-refractivity contribution in [3.63, 3.8) is 0 Å². The van der Waals surface area contributed by atoms with Crippen LogP contribution in [0.25, 0.3) is 0 Å². The van der Waals surface area contributed by atoms with E-state index in [9.17, 15) is 4.79 Å². The lowest BCUT2D eigenvalue weighted by atomic mass is 10.2. The molecule has 4 nitrogen and oxygen atoms in total. The summed E-state index contributed by atoms with van der Waals surface area (Å²) in [5, 5.41) is 3.87. The molecule has 0 aliphatic carbocycles. The highest BCUT2D eigenvalue weighted by atomic mass is 35.5. The maximum atomic E-state index is 12.6. The highest BCUT2D eigenvalue weighted by Gasteiger charge is 2.23. The number of nitrogens with one attached hydrogen (secondary N) is 1. The minimum atomic E-state index is -0.214. The normalized spacial score (nSPS) is 14.5. The van der Waals surface area contributed by atoms with Gasteiger partial charge in [-0.25, -0.2) is 4.79 Å². The smallest absolute Gasteiger partial charge is 0.322 e. The van der Waals surface area contributed by atoms with Crippen molar-refractivity contribution in [3.05, 3.63) is 51.5 Å². The Kier molecular flexibility index (Phi) is 6.46. The molecule has 1 N–H and O–H groups in total. The number of hydrogen-bond donors (Lipinski definition) is 1. The lowest BCUT2D eigenvalue weighted by Crippen LogP contribution is -2.50. The van der Waals surface area contributed by atoms with Gasteiger partial charge in [-0.2, -0.15) is 0 Å². The summed E-state index contributed by atoms with van der Waals surface area (Å²) in [6.45, 7) is 2.79. The van der Waals surface area contributed by atoms with E-state index in [1.165, 1.54) is 10.6 Å². The number of carbonyl (C=O) groups is 1. The minimum Gasteiger partial charge on any atom is -0.367 e. The molecular weight excluding hydrogens is 413 g/mol. The number of rotatable bonds is 3. The standard InChI is InChI=1S/C18H18Cl3N3OS/c1-26-16-5-3-2-4-15(16)23-6-8-24(9-7-23)18(25)22-17-13(20)10-12(19)11-14(17)21/h2-5,10-11H,6-9H2,1H3,(H,22,25). The first-order valence-electron chi connectivity index (χ1n) is 8.08. The number of thioether (sulfide) groups is 1. The molecular formula is C18H18Cl3N3OS. The highest BCUT2D eigenvalue weighted by molar-refractivity contribution is 7.98. The average molecular weight is 431 g/mol. The van der Waals surface area contributed by atoms with Crippen LogP contribution in [-0.4, -0.2) is 43.4 Å². The fourth-order valence-electron chi connectivity index (χ4n) is 2.89. The van der Waals surface area contributed by atoms with Crippen molar-refractivity contribution in [3.8, 4) is 0 Å². The van der Waals surface area contributed by atoms with Crippen LogP contribution in [0, 0.1) is 0 Å². The quantitative estimate of drug-likeness (QED) is 0.632. The predicted octanol–water partition coefficient (Wildman–Crippen LogP) is 5.72. The number of piperazine rings is 1. The second kappa shape index (κ2) is 8.61. The van der Waals surface area contributed by atoms with E-state index in [2.05, 4.69) is 28.6 Å². The van der Waals surface area contributed by atoms with Crippen molar-refractivity contribution in [2.45, 2.75) is 4.90 Å². The Morgan fingerprint density at radius 1 is 1.04 bits per heavy atom. The van der Waals surface area contributed by atoms with Crippen molar-refractivity contribution < 1.29 is 4.79 Å². The summed E-state index contributed by atoms with van der Waals surface area (Å²) < 4.78 is 0. The summed E-state index contributed by atoms with van der Waals surface area (Å²) in [7, 11) is 0. The third-order valence-corrected chi connectivity index (χ3v) is 5.83. The maximum Gasteiger partial charge on any atom is 0.322 e. The number of halogens is 3. The Balaban J connectivity index is 1.64. The molecule has 138 valence electrons. The number of anilines is 2. The van der Waals surface area contributed by atoms with Crippen LogP contribution in [0.3, 0.4) is 0 Å². The lowest BCUT2D eigenvalue weighted by molar-refractivity contribution is 0.208. The molecule has 3 rings (SSSR count). The summed E-state index contributed by atoms with van der Waals surface area (Å²) >= 11 is 19.9. The molecule has 1 saturated heterocycles. The zero-order valence-electron chi connectivity index (χ0n) is 14.1. The van der Waals surface area contributed by atoms with Crippen LogP contribution in [0.2, 0.25) is 15.1 Å². The summed E-state index contributed by atoms with van der Waals surface area (Å²) in [5.74, 6) is 0. The molecule has 26 heavy (non-hydrogen) atoms. The molecule has 2 aromatic rings. The topological polar surface area (TPSA) is 35.6 Å². The number of nitrogens with zero attached hydrogens (tertiary/aromatic N) is 2. The van der Waals surface area contributed by atoms with Crippen molar-refractivity contribution in [2.24, 2.45) is 0 Å². The number of amides is 2. The summed E-state index contributed by atoms with van der Waals surface area (Å²) in [6, 6.07) is 11.2. The molecule has 2 aromatic carbocycles. The number of carbonyl (C=O) groups excluding carboxylic acids is 1. The second-order valence-corrected chi connectivity index (χ2v) is 7.92. The minimum absolute atomic E-state index is 0.214. The van der Waals surface area contributed by atoms with Crippen molar-refractivity contribution in [1.29, 1.82) is 0 Å². The molecule has 0 spiro atoms. The van der Waals surface area contributed by atoms with Gasteiger partial charge in [-0.3, -0.25) is 0 Å². The summed E-state index contributed by atoms with van der Waals surface area (Å²) in [6.07, 6.45) is 2.07. The zero-order chi connectivity index (χ0) is 18.7. The first kappa shape index (κ1) is 19.5. The zero-order valence-corrected chi connectivity index (χ0v) is 17.2. The van der Waals surface area contributed by atoms with Gasteiger partial charge in [0, 0.05) is 36.1 Å². The van der Waals surface area contributed by atoms with Gasteiger partial charge in [0.1, 0.15) is 0 Å². The van der Waals surface area contributed by atoms with Crippen LogP contribution < -0.4 is 10.2 Å². The van der Waals surface area contributed by atoms with E-state index < -0.39 is 0 Å². The molecule has 2 amide bonds. The number of hydrogen-bond acceptors (Lipinski definition) is 3.